The number of fused-ring (bicyclic) bond motifs is 2. The quantitative estimate of drug-likeness (QED) is 0.493. The summed E-state index contributed by atoms with van der Waals surface area (Å²) in [5.41, 5.74) is 2.21. The Morgan fingerprint density at radius 3 is 2.59 bits per heavy atom. The monoisotopic (exact) mass is 413 g/mol. The standard InChI is InChI=1S/C23H31N3O2S/c1-5-26(6-2)14-13-25-19-9-7-16(11-12-24-3)23-21(19)22(27)18-15-17(28-4)8-10-20(18)29-23/h7-10,15,24-25H,5-6,11-14H2,1-4H3. The van der Waals surface area contributed by atoms with E-state index in [1.165, 1.54) is 5.56 Å². The summed E-state index contributed by atoms with van der Waals surface area (Å²) in [7, 11) is 3.58. The highest BCUT2D eigenvalue weighted by Gasteiger charge is 2.14. The molecule has 3 aromatic rings. The SMILES string of the molecule is CCN(CC)CCNc1ccc(CCNC)c2sc3ccc(OC)cc3c(=O)c12. The zero-order valence-corrected chi connectivity index (χ0v) is 18.6. The van der Waals surface area contributed by atoms with Crippen molar-refractivity contribution in [1.29, 1.82) is 0 Å². The van der Waals surface area contributed by atoms with Crippen molar-refractivity contribution in [1.82, 2.24) is 10.2 Å². The highest BCUT2D eigenvalue weighted by molar-refractivity contribution is 7.24. The topological polar surface area (TPSA) is 53.6 Å². The smallest absolute Gasteiger partial charge is 0.198 e. The molecule has 0 aliphatic carbocycles. The van der Waals surface area contributed by atoms with Gasteiger partial charge in [0.1, 0.15) is 5.75 Å². The van der Waals surface area contributed by atoms with Crippen molar-refractivity contribution >= 4 is 37.2 Å². The van der Waals surface area contributed by atoms with Gasteiger partial charge < -0.3 is 20.3 Å². The number of benzene rings is 2. The molecule has 2 N–H and O–H groups in total. The number of hydrogen-bond donors (Lipinski definition) is 2. The maximum absolute atomic E-state index is 13.5. The Morgan fingerprint density at radius 2 is 1.90 bits per heavy atom. The highest BCUT2D eigenvalue weighted by atomic mass is 32.1. The number of methoxy groups -OCH3 is 1. The van der Waals surface area contributed by atoms with Crippen molar-refractivity contribution in [3.63, 3.8) is 0 Å². The van der Waals surface area contributed by atoms with Gasteiger partial charge in [-0.2, -0.15) is 0 Å². The lowest BCUT2D eigenvalue weighted by molar-refractivity contribution is 0.316. The molecule has 0 bridgehead atoms. The number of likely N-dealkylation sites (N-methyl/N-ethyl adjacent to an activating group) is 2. The molecule has 0 atom stereocenters. The van der Waals surface area contributed by atoms with Crippen LogP contribution in [-0.2, 0) is 6.42 Å². The summed E-state index contributed by atoms with van der Waals surface area (Å²) in [4.78, 5) is 15.9. The Bertz CT molecular complexity index is 1030. The third kappa shape index (κ3) is 4.71. The minimum Gasteiger partial charge on any atom is -0.497 e. The summed E-state index contributed by atoms with van der Waals surface area (Å²) in [6.07, 6.45) is 0.893. The zero-order chi connectivity index (χ0) is 20.8. The number of nitrogens with zero attached hydrogens (tertiary/aromatic N) is 1. The molecule has 0 aliphatic heterocycles. The fraction of sp³-hybridized carbons (Fsp3) is 0.435. The van der Waals surface area contributed by atoms with E-state index in [1.54, 1.807) is 18.4 Å². The van der Waals surface area contributed by atoms with Crippen LogP contribution in [-0.4, -0.2) is 51.8 Å². The van der Waals surface area contributed by atoms with Gasteiger partial charge in [0.25, 0.3) is 0 Å². The van der Waals surface area contributed by atoms with Crippen LogP contribution in [0.3, 0.4) is 0 Å². The van der Waals surface area contributed by atoms with Gasteiger partial charge in [0, 0.05) is 33.6 Å². The summed E-state index contributed by atoms with van der Waals surface area (Å²) in [5, 5.41) is 8.25. The number of anilines is 1. The first-order valence-electron chi connectivity index (χ1n) is 10.3. The number of hydrogen-bond acceptors (Lipinski definition) is 6. The van der Waals surface area contributed by atoms with E-state index >= 15 is 0 Å². The fourth-order valence-electron chi connectivity index (χ4n) is 3.61. The van der Waals surface area contributed by atoms with E-state index in [4.69, 9.17) is 4.74 Å². The lowest BCUT2D eigenvalue weighted by Crippen LogP contribution is -2.28. The molecule has 0 radical (unpaired) electrons. The molecule has 5 nitrogen and oxygen atoms in total. The lowest BCUT2D eigenvalue weighted by Gasteiger charge is -2.19. The van der Waals surface area contributed by atoms with E-state index in [9.17, 15) is 4.79 Å². The van der Waals surface area contributed by atoms with Crippen molar-refractivity contribution in [2.75, 3.05) is 52.2 Å². The molecule has 1 heterocycles. The van der Waals surface area contributed by atoms with E-state index in [0.717, 1.165) is 65.0 Å². The molecule has 6 heteroatoms. The molecule has 1 aromatic heterocycles. The molecule has 0 unspecified atom stereocenters. The van der Waals surface area contributed by atoms with Gasteiger partial charge in [-0.15, -0.1) is 11.3 Å². The Morgan fingerprint density at radius 1 is 1.10 bits per heavy atom. The average molecular weight is 414 g/mol. The third-order valence-electron chi connectivity index (χ3n) is 5.39. The molecule has 0 fully saturated rings. The van der Waals surface area contributed by atoms with E-state index < -0.39 is 0 Å². The van der Waals surface area contributed by atoms with Gasteiger partial charge in [0.15, 0.2) is 5.43 Å². The van der Waals surface area contributed by atoms with Gasteiger partial charge in [0.05, 0.1) is 12.5 Å². The highest BCUT2D eigenvalue weighted by Crippen LogP contribution is 2.33. The summed E-state index contributed by atoms with van der Waals surface area (Å²) in [6.45, 7) is 9.05. The molecular weight excluding hydrogens is 382 g/mol. The zero-order valence-electron chi connectivity index (χ0n) is 17.8. The van der Waals surface area contributed by atoms with E-state index in [2.05, 4.69) is 41.5 Å². The van der Waals surface area contributed by atoms with Crippen LogP contribution in [0.4, 0.5) is 5.69 Å². The van der Waals surface area contributed by atoms with E-state index in [-0.39, 0.29) is 5.43 Å². The second kappa shape index (κ2) is 10.1. The molecular formula is C23H31N3O2S. The van der Waals surface area contributed by atoms with Gasteiger partial charge in [-0.3, -0.25) is 4.79 Å². The summed E-state index contributed by atoms with van der Waals surface area (Å²) in [6, 6.07) is 9.99. The molecule has 0 amide bonds. The predicted octanol–water partition coefficient (Wildman–Crippen LogP) is 3.94. The largest absolute Gasteiger partial charge is 0.497 e. The molecule has 0 aliphatic rings. The Balaban J connectivity index is 2.10. The van der Waals surface area contributed by atoms with Crippen molar-refractivity contribution in [2.24, 2.45) is 0 Å². The Hall–Kier alpha value is -2.15. The van der Waals surface area contributed by atoms with Crippen LogP contribution >= 0.6 is 11.3 Å². The van der Waals surface area contributed by atoms with Crippen molar-refractivity contribution in [2.45, 2.75) is 20.3 Å². The van der Waals surface area contributed by atoms with E-state index in [0.29, 0.717) is 5.75 Å². The first-order valence-corrected chi connectivity index (χ1v) is 11.1. The molecule has 0 saturated carbocycles. The molecule has 29 heavy (non-hydrogen) atoms. The minimum absolute atomic E-state index is 0.0734. The van der Waals surface area contributed by atoms with Crippen molar-refractivity contribution in [3.05, 3.63) is 46.1 Å². The van der Waals surface area contributed by atoms with Gasteiger partial charge >= 0.3 is 0 Å². The summed E-state index contributed by atoms with van der Waals surface area (Å²) < 4.78 is 7.42. The summed E-state index contributed by atoms with van der Waals surface area (Å²) >= 11 is 1.69. The average Bonchev–Trinajstić information content (AvgIpc) is 2.75. The maximum atomic E-state index is 13.5. The van der Waals surface area contributed by atoms with Crippen LogP contribution in [0, 0.1) is 0 Å². The van der Waals surface area contributed by atoms with Crippen LogP contribution in [0.2, 0.25) is 0 Å². The second-order valence-electron chi connectivity index (χ2n) is 7.08. The van der Waals surface area contributed by atoms with Crippen LogP contribution in [0.15, 0.2) is 35.1 Å². The van der Waals surface area contributed by atoms with Crippen LogP contribution in [0.5, 0.6) is 5.75 Å². The van der Waals surface area contributed by atoms with Gasteiger partial charge in [-0.25, -0.2) is 0 Å². The normalized spacial score (nSPS) is 11.5. The molecule has 0 spiro atoms. The minimum atomic E-state index is 0.0734. The lowest BCUT2D eigenvalue weighted by atomic mass is 10.1. The van der Waals surface area contributed by atoms with Gasteiger partial charge in [-0.05, 0) is 62.9 Å². The number of rotatable bonds is 10. The van der Waals surface area contributed by atoms with Crippen LogP contribution in [0.25, 0.3) is 20.2 Å². The Kier molecular flexibility index (Phi) is 7.47. The maximum Gasteiger partial charge on any atom is 0.198 e. The number of ether oxygens (including phenoxy) is 1. The molecule has 3 rings (SSSR count). The van der Waals surface area contributed by atoms with Crippen LogP contribution in [0.1, 0.15) is 19.4 Å². The molecule has 156 valence electrons. The third-order valence-corrected chi connectivity index (χ3v) is 6.64. The first kappa shape index (κ1) is 21.6. The Labute approximate surface area is 176 Å². The number of nitrogens with one attached hydrogen (secondary N) is 2. The van der Waals surface area contributed by atoms with Crippen LogP contribution < -0.4 is 20.8 Å². The van der Waals surface area contributed by atoms with Crippen molar-refractivity contribution < 1.29 is 4.74 Å². The van der Waals surface area contributed by atoms with E-state index in [1.807, 2.05) is 25.2 Å². The summed E-state index contributed by atoms with van der Waals surface area (Å²) in [5.74, 6) is 0.712. The van der Waals surface area contributed by atoms with Gasteiger partial charge in [-0.1, -0.05) is 19.9 Å². The second-order valence-corrected chi connectivity index (χ2v) is 8.13. The first-order chi connectivity index (χ1) is 14.1. The molecule has 2 aromatic carbocycles. The molecule has 0 saturated heterocycles. The fourth-order valence-corrected chi connectivity index (χ4v) is 4.83. The van der Waals surface area contributed by atoms with Crippen molar-refractivity contribution in [3.8, 4) is 5.75 Å². The van der Waals surface area contributed by atoms with Gasteiger partial charge in [0.2, 0.25) is 0 Å². The predicted molar refractivity (Wildman–Crippen MR) is 126 cm³/mol.